The van der Waals surface area contributed by atoms with Crippen LogP contribution in [0.15, 0.2) is 0 Å². The quantitative estimate of drug-likeness (QED) is 0.462. The zero-order chi connectivity index (χ0) is 17.6. The van der Waals surface area contributed by atoms with Crippen LogP contribution in [0.3, 0.4) is 0 Å². The van der Waals surface area contributed by atoms with Crippen LogP contribution in [0.25, 0.3) is 0 Å². The van der Waals surface area contributed by atoms with Crippen molar-refractivity contribution in [1.29, 1.82) is 0 Å². The van der Waals surface area contributed by atoms with Gasteiger partial charge in [-0.15, -0.1) is 0 Å². The number of aliphatic hydroxyl groups excluding tert-OH is 1. The average molecular weight is 342 g/mol. The molecule has 142 valence electrons. The largest absolute Gasteiger partial charge is 0.388 e. The highest BCUT2D eigenvalue weighted by molar-refractivity contribution is 5.76. The van der Waals surface area contributed by atoms with E-state index in [2.05, 4.69) is 19.2 Å². The van der Waals surface area contributed by atoms with Crippen molar-refractivity contribution in [2.24, 2.45) is 0 Å². The van der Waals surface area contributed by atoms with Gasteiger partial charge >= 0.3 is 0 Å². The summed E-state index contributed by atoms with van der Waals surface area (Å²) >= 11 is 0. The molecule has 1 fully saturated rings. The highest BCUT2D eigenvalue weighted by Gasteiger charge is 2.36. The summed E-state index contributed by atoms with van der Waals surface area (Å²) < 4.78 is 5.70. The monoisotopic (exact) mass is 341 g/mol. The van der Waals surface area contributed by atoms with Gasteiger partial charge in [0.25, 0.3) is 0 Å². The number of hydrogen-bond acceptors (Lipinski definition) is 3. The molecule has 0 aromatic heterocycles. The molecular weight excluding hydrogens is 302 g/mol. The predicted molar refractivity (Wildman–Crippen MR) is 99.0 cm³/mol. The van der Waals surface area contributed by atoms with Crippen molar-refractivity contribution in [2.45, 2.75) is 116 Å². The molecule has 1 saturated heterocycles. The van der Waals surface area contributed by atoms with Crippen LogP contribution in [0.1, 0.15) is 97.3 Å². The predicted octanol–water partition coefficient (Wildman–Crippen LogP) is 4.34. The van der Waals surface area contributed by atoms with E-state index in [1.807, 2.05) is 0 Å². The molecule has 0 aromatic carbocycles. The van der Waals surface area contributed by atoms with Gasteiger partial charge in [-0.25, -0.2) is 0 Å². The van der Waals surface area contributed by atoms with Crippen LogP contribution >= 0.6 is 0 Å². The van der Waals surface area contributed by atoms with Gasteiger partial charge in [-0.05, 0) is 12.8 Å². The van der Waals surface area contributed by atoms with Gasteiger partial charge in [-0.1, -0.05) is 78.1 Å². The van der Waals surface area contributed by atoms with E-state index >= 15 is 0 Å². The Morgan fingerprint density at radius 3 is 2.21 bits per heavy atom. The summed E-state index contributed by atoms with van der Waals surface area (Å²) in [4.78, 5) is 12.0. The maximum Gasteiger partial charge on any atom is 0.220 e. The Morgan fingerprint density at radius 2 is 1.54 bits per heavy atom. The van der Waals surface area contributed by atoms with Crippen LogP contribution in [0.4, 0.5) is 0 Å². The molecule has 4 heteroatoms. The Bertz CT molecular complexity index is 322. The molecule has 0 aliphatic carbocycles. The Hall–Kier alpha value is -0.610. The molecule has 0 bridgehead atoms. The first-order valence-electron chi connectivity index (χ1n) is 10.3. The molecule has 1 heterocycles. The van der Waals surface area contributed by atoms with Gasteiger partial charge in [-0.2, -0.15) is 0 Å². The number of hydrogen-bond donors (Lipinski definition) is 2. The molecule has 24 heavy (non-hydrogen) atoms. The molecular formula is C20H39NO3. The molecule has 2 N–H and O–H groups in total. The third-order valence-electron chi connectivity index (χ3n) is 4.98. The molecule has 1 amide bonds. The topological polar surface area (TPSA) is 58.6 Å². The van der Waals surface area contributed by atoms with E-state index in [4.69, 9.17) is 4.74 Å². The number of carbonyl (C=O) groups excluding carboxylic acids is 1. The first kappa shape index (κ1) is 21.4. The molecule has 0 unspecified atom stereocenters. The average Bonchev–Trinajstić information content (AvgIpc) is 2.91. The molecule has 4 nitrogen and oxygen atoms in total. The van der Waals surface area contributed by atoms with Crippen LogP contribution < -0.4 is 5.32 Å². The lowest BCUT2D eigenvalue weighted by Crippen LogP contribution is -2.44. The second kappa shape index (κ2) is 13.7. The Labute approximate surface area is 148 Å². The van der Waals surface area contributed by atoms with E-state index in [0.717, 1.165) is 25.7 Å². The van der Waals surface area contributed by atoms with E-state index in [1.165, 1.54) is 51.4 Å². The molecule has 0 spiro atoms. The number of nitrogens with one attached hydrogen (secondary N) is 1. The lowest BCUT2D eigenvalue weighted by Gasteiger charge is -2.18. The summed E-state index contributed by atoms with van der Waals surface area (Å²) in [5, 5.41) is 13.3. The third kappa shape index (κ3) is 9.03. The van der Waals surface area contributed by atoms with Gasteiger partial charge in [-0.3, -0.25) is 4.79 Å². The molecule has 0 saturated carbocycles. The lowest BCUT2D eigenvalue weighted by molar-refractivity contribution is -0.122. The minimum Gasteiger partial charge on any atom is -0.388 e. The van der Waals surface area contributed by atoms with Gasteiger partial charge < -0.3 is 15.2 Å². The van der Waals surface area contributed by atoms with Gasteiger partial charge in [0, 0.05) is 6.42 Å². The fourth-order valence-electron chi connectivity index (χ4n) is 3.36. The van der Waals surface area contributed by atoms with E-state index in [9.17, 15) is 9.90 Å². The SMILES string of the molecule is CCCCCCCC[C@@H]1OC[C@H](NC(=O)CCCCCCC)[C@@H]1O. The summed E-state index contributed by atoms with van der Waals surface area (Å²) in [7, 11) is 0. The van der Waals surface area contributed by atoms with E-state index in [0.29, 0.717) is 13.0 Å². The Balaban J connectivity index is 2.10. The number of amides is 1. The van der Waals surface area contributed by atoms with Crippen molar-refractivity contribution in [1.82, 2.24) is 5.32 Å². The minimum absolute atomic E-state index is 0.0550. The summed E-state index contributed by atoms with van der Waals surface area (Å²) in [6.07, 6.45) is 14.0. The van der Waals surface area contributed by atoms with Crippen LogP contribution in [0.5, 0.6) is 0 Å². The maximum atomic E-state index is 12.0. The summed E-state index contributed by atoms with van der Waals surface area (Å²) in [5.74, 6) is 0.0550. The van der Waals surface area contributed by atoms with Crippen LogP contribution in [0, 0.1) is 0 Å². The molecule has 1 aliphatic heterocycles. The van der Waals surface area contributed by atoms with Crippen molar-refractivity contribution in [3.8, 4) is 0 Å². The van der Waals surface area contributed by atoms with Crippen molar-refractivity contribution < 1.29 is 14.6 Å². The van der Waals surface area contributed by atoms with Crippen molar-refractivity contribution >= 4 is 5.91 Å². The molecule has 1 rings (SSSR count). The molecule has 3 atom stereocenters. The Kier molecular flexibility index (Phi) is 12.2. The van der Waals surface area contributed by atoms with E-state index < -0.39 is 6.10 Å². The van der Waals surface area contributed by atoms with Crippen LogP contribution in [-0.2, 0) is 9.53 Å². The van der Waals surface area contributed by atoms with Crippen LogP contribution in [-0.4, -0.2) is 35.9 Å². The highest BCUT2D eigenvalue weighted by Crippen LogP contribution is 2.21. The molecule has 1 aliphatic rings. The fourth-order valence-corrected chi connectivity index (χ4v) is 3.36. The minimum atomic E-state index is -0.551. The fraction of sp³-hybridized carbons (Fsp3) is 0.950. The van der Waals surface area contributed by atoms with E-state index in [1.54, 1.807) is 0 Å². The van der Waals surface area contributed by atoms with Gasteiger partial charge in [0.05, 0.1) is 18.8 Å². The number of carbonyl (C=O) groups is 1. The molecule has 0 aromatic rings. The summed E-state index contributed by atoms with van der Waals surface area (Å²) in [6.45, 7) is 4.86. The van der Waals surface area contributed by atoms with Crippen molar-refractivity contribution in [3.63, 3.8) is 0 Å². The number of unbranched alkanes of at least 4 members (excludes halogenated alkanes) is 9. The number of rotatable bonds is 14. The van der Waals surface area contributed by atoms with Gasteiger partial charge in [0.15, 0.2) is 0 Å². The van der Waals surface area contributed by atoms with Gasteiger partial charge in [0.1, 0.15) is 6.10 Å². The summed E-state index contributed by atoms with van der Waals surface area (Å²) in [5.41, 5.74) is 0. The number of aliphatic hydroxyl groups is 1. The van der Waals surface area contributed by atoms with Crippen molar-refractivity contribution in [2.75, 3.05) is 6.61 Å². The first-order chi connectivity index (χ1) is 11.7. The zero-order valence-corrected chi connectivity index (χ0v) is 15.9. The van der Waals surface area contributed by atoms with E-state index in [-0.39, 0.29) is 18.1 Å². The molecule has 0 radical (unpaired) electrons. The first-order valence-corrected chi connectivity index (χ1v) is 10.3. The zero-order valence-electron chi connectivity index (χ0n) is 15.9. The van der Waals surface area contributed by atoms with Crippen molar-refractivity contribution in [3.05, 3.63) is 0 Å². The smallest absolute Gasteiger partial charge is 0.220 e. The van der Waals surface area contributed by atoms with Crippen LogP contribution in [0.2, 0.25) is 0 Å². The lowest BCUT2D eigenvalue weighted by atomic mass is 10.0. The number of ether oxygens (including phenoxy) is 1. The second-order valence-corrected chi connectivity index (χ2v) is 7.26. The summed E-state index contributed by atoms with van der Waals surface area (Å²) in [6, 6.07) is -0.224. The second-order valence-electron chi connectivity index (χ2n) is 7.26. The van der Waals surface area contributed by atoms with Gasteiger partial charge in [0.2, 0.25) is 5.91 Å². The third-order valence-corrected chi connectivity index (χ3v) is 4.98. The highest BCUT2D eigenvalue weighted by atomic mass is 16.5. The standard InChI is InChI=1S/C20H39NO3/c1-3-5-7-9-11-12-14-18-20(23)17(16-24-18)21-19(22)15-13-10-8-6-4-2/h17-18,20,23H,3-16H2,1-2H3,(H,21,22)/t17-,18-,20-/m0/s1. The normalized spacial score (nSPS) is 23.5. The Morgan fingerprint density at radius 1 is 0.958 bits per heavy atom. The maximum absolute atomic E-state index is 12.0.